The van der Waals surface area contributed by atoms with Crippen LogP contribution in [0, 0.1) is 5.92 Å². The molecule has 2 heterocycles. The first-order chi connectivity index (χ1) is 13.5. The lowest BCUT2D eigenvalue weighted by molar-refractivity contribution is 0.0945. The van der Waals surface area contributed by atoms with E-state index in [1.54, 1.807) is 42.5 Å². The van der Waals surface area contributed by atoms with E-state index in [2.05, 4.69) is 20.3 Å². The first-order valence-corrected chi connectivity index (χ1v) is 10.8. The van der Waals surface area contributed by atoms with Gasteiger partial charge in [-0.2, -0.15) is 8.42 Å². The van der Waals surface area contributed by atoms with E-state index in [-0.39, 0.29) is 16.6 Å². The highest BCUT2D eigenvalue weighted by Gasteiger charge is 2.28. The highest BCUT2D eigenvalue weighted by Crippen LogP contribution is 2.26. The summed E-state index contributed by atoms with van der Waals surface area (Å²) in [6, 6.07) is 13.6. The molecule has 28 heavy (non-hydrogen) atoms. The molecule has 3 N–H and O–H groups in total. The minimum Gasteiger partial charge on any atom is -0.352 e. The van der Waals surface area contributed by atoms with Crippen LogP contribution in [0.1, 0.15) is 28.8 Å². The van der Waals surface area contributed by atoms with Gasteiger partial charge in [-0.15, -0.1) is 4.40 Å². The van der Waals surface area contributed by atoms with E-state index in [0.717, 1.165) is 25.9 Å². The third kappa shape index (κ3) is 3.93. The molecule has 0 aromatic heterocycles. The Bertz CT molecular complexity index is 1010. The maximum absolute atomic E-state index is 12.3. The fourth-order valence-electron chi connectivity index (χ4n) is 3.47. The van der Waals surface area contributed by atoms with Crippen molar-refractivity contribution in [2.24, 2.45) is 10.3 Å². The molecule has 7 nitrogen and oxygen atoms in total. The van der Waals surface area contributed by atoms with Gasteiger partial charge >= 0.3 is 0 Å². The van der Waals surface area contributed by atoms with E-state index in [0.29, 0.717) is 29.3 Å². The Morgan fingerprint density at radius 1 is 1.14 bits per heavy atom. The highest BCUT2D eigenvalue weighted by molar-refractivity contribution is 7.90. The molecule has 2 aromatic rings. The van der Waals surface area contributed by atoms with Crippen LogP contribution in [0.4, 0.5) is 5.69 Å². The van der Waals surface area contributed by atoms with Crippen LogP contribution in [-0.4, -0.2) is 39.8 Å². The van der Waals surface area contributed by atoms with Gasteiger partial charge in [0, 0.05) is 23.4 Å². The van der Waals surface area contributed by atoms with Crippen LogP contribution < -0.4 is 16.0 Å². The SMILES string of the molecule is O=C(NCC1CCCNC1)c1ccc(NC2=NS(=O)(=O)c3ccccc32)cc1. The lowest BCUT2D eigenvalue weighted by atomic mass is 9.99. The molecule has 0 spiro atoms. The highest BCUT2D eigenvalue weighted by atomic mass is 32.2. The van der Waals surface area contributed by atoms with E-state index in [1.807, 2.05) is 0 Å². The van der Waals surface area contributed by atoms with Crippen LogP contribution in [0.15, 0.2) is 57.8 Å². The first-order valence-electron chi connectivity index (χ1n) is 9.33. The molecule has 0 radical (unpaired) electrons. The minimum atomic E-state index is -3.66. The number of anilines is 1. The minimum absolute atomic E-state index is 0.108. The van der Waals surface area contributed by atoms with Gasteiger partial charge < -0.3 is 16.0 Å². The van der Waals surface area contributed by atoms with Gasteiger partial charge in [-0.1, -0.05) is 12.1 Å². The van der Waals surface area contributed by atoms with Crippen molar-refractivity contribution in [3.05, 3.63) is 59.7 Å². The van der Waals surface area contributed by atoms with Crippen LogP contribution >= 0.6 is 0 Å². The number of piperidine rings is 1. The maximum Gasteiger partial charge on any atom is 0.285 e. The molecule has 0 bridgehead atoms. The molecule has 1 amide bonds. The molecular weight excluding hydrogens is 376 g/mol. The lowest BCUT2D eigenvalue weighted by Crippen LogP contribution is -2.38. The summed E-state index contributed by atoms with van der Waals surface area (Å²) in [4.78, 5) is 12.5. The van der Waals surface area contributed by atoms with E-state index in [9.17, 15) is 13.2 Å². The number of carbonyl (C=O) groups excluding carboxylic acids is 1. The summed E-state index contributed by atoms with van der Waals surface area (Å²) in [6.45, 7) is 2.66. The largest absolute Gasteiger partial charge is 0.352 e. The Labute approximate surface area is 164 Å². The number of hydrogen-bond acceptors (Lipinski definition) is 5. The quantitative estimate of drug-likeness (QED) is 0.731. The molecule has 1 saturated heterocycles. The fourth-order valence-corrected chi connectivity index (χ4v) is 4.65. The molecule has 146 valence electrons. The lowest BCUT2D eigenvalue weighted by Gasteiger charge is -2.22. The summed E-state index contributed by atoms with van der Waals surface area (Å²) >= 11 is 0. The molecule has 1 fully saturated rings. The number of nitrogens with zero attached hydrogens (tertiary/aromatic N) is 1. The van der Waals surface area contributed by atoms with Gasteiger partial charge in [0.1, 0.15) is 4.90 Å². The number of nitrogens with one attached hydrogen (secondary N) is 3. The number of hydrogen-bond donors (Lipinski definition) is 3. The Balaban J connectivity index is 1.41. The van der Waals surface area contributed by atoms with Gasteiger partial charge in [0.25, 0.3) is 15.9 Å². The Kier molecular flexibility index (Phi) is 5.15. The maximum atomic E-state index is 12.3. The van der Waals surface area contributed by atoms with Crippen LogP contribution in [-0.2, 0) is 10.0 Å². The van der Waals surface area contributed by atoms with Crippen LogP contribution in [0.2, 0.25) is 0 Å². The van der Waals surface area contributed by atoms with Gasteiger partial charge in [0.15, 0.2) is 5.84 Å². The number of fused-ring (bicyclic) bond motifs is 1. The second-order valence-electron chi connectivity index (χ2n) is 7.04. The van der Waals surface area contributed by atoms with E-state index in [1.165, 1.54) is 6.07 Å². The summed E-state index contributed by atoms with van der Waals surface area (Å²) in [5, 5.41) is 9.36. The zero-order valence-electron chi connectivity index (χ0n) is 15.3. The fraction of sp³-hybridized carbons (Fsp3) is 0.300. The van der Waals surface area contributed by atoms with E-state index < -0.39 is 10.0 Å². The normalized spacial score (nSPS) is 20.1. The number of amidine groups is 1. The van der Waals surface area contributed by atoms with Crippen molar-refractivity contribution in [1.29, 1.82) is 0 Å². The smallest absolute Gasteiger partial charge is 0.285 e. The van der Waals surface area contributed by atoms with Crippen molar-refractivity contribution in [3.8, 4) is 0 Å². The molecule has 4 rings (SSSR count). The van der Waals surface area contributed by atoms with Gasteiger partial charge in [-0.25, -0.2) is 0 Å². The topological polar surface area (TPSA) is 99.7 Å². The van der Waals surface area contributed by atoms with Crippen LogP contribution in [0.3, 0.4) is 0 Å². The summed E-state index contributed by atoms with van der Waals surface area (Å²) in [6.07, 6.45) is 2.27. The Morgan fingerprint density at radius 3 is 2.68 bits per heavy atom. The average Bonchev–Trinajstić information content (AvgIpc) is 2.98. The number of carbonyl (C=O) groups is 1. The summed E-state index contributed by atoms with van der Waals surface area (Å²) in [7, 11) is -3.66. The standard InChI is InChI=1S/C20H22N4O3S/c25-20(22-13-14-4-3-11-21-12-14)15-7-9-16(10-8-15)23-19-17-5-1-2-6-18(17)28(26,27)24-19/h1-2,5-10,14,21H,3-4,11-13H2,(H,22,25)(H,23,24). The molecule has 2 aromatic carbocycles. The van der Waals surface area contributed by atoms with Gasteiger partial charge in [-0.3, -0.25) is 4.79 Å². The summed E-state index contributed by atoms with van der Waals surface area (Å²) in [5.41, 5.74) is 1.78. The average molecular weight is 398 g/mol. The molecule has 0 aliphatic carbocycles. The van der Waals surface area contributed by atoms with E-state index in [4.69, 9.17) is 0 Å². The molecule has 2 aliphatic heterocycles. The number of amides is 1. The van der Waals surface area contributed by atoms with E-state index >= 15 is 0 Å². The van der Waals surface area contributed by atoms with Crippen molar-refractivity contribution in [1.82, 2.24) is 10.6 Å². The van der Waals surface area contributed by atoms with Crippen molar-refractivity contribution in [3.63, 3.8) is 0 Å². The Morgan fingerprint density at radius 2 is 1.93 bits per heavy atom. The summed E-state index contributed by atoms with van der Waals surface area (Å²) < 4.78 is 28.0. The molecule has 0 saturated carbocycles. The molecule has 2 aliphatic rings. The zero-order chi connectivity index (χ0) is 19.6. The molecule has 8 heteroatoms. The zero-order valence-corrected chi connectivity index (χ0v) is 16.1. The predicted molar refractivity (Wildman–Crippen MR) is 108 cm³/mol. The van der Waals surface area contributed by atoms with Gasteiger partial charge in [0.05, 0.1) is 0 Å². The number of rotatable bonds is 4. The second kappa shape index (κ2) is 7.73. The van der Waals surface area contributed by atoms with Gasteiger partial charge in [-0.05, 0) is 68.2 Å². The van der Waals surface area contributed by atoms with Gasteiger partial charge in [0.2, 0.25) is 0 Å². The van der Waals surface area contributed by atoms with Crippen LogP contribution in [0.5, 0.6) is 0 Å². The Hall–Kier alpha value is -2.71. The number of benzene rings is 2. The molecule has 1 unspecified atom stereocenters. The molecular formula is C20H22N4O3S. The van der Waals surface area contributed by atoms with Crippen molar-refractivity contribution < 1.29 is 13.2 Å². The third-order valence-corrected chi connectivity index (χ3v) is 6.33. The van der Waals surface area contributed by atoms with Crippen molar-refractivity contribution in [2.45, 2.75) is 17.7 Å². The molecule has 1 atom stereocenters. The monoisotopic (exact) mass is 398 g/mol. The third-order valence-electron chi connectivity index (χ3n) is 4.99. The predicted octanol–water partition coefficient (Wildman–Crippen LogP) is 1.98. The van der Waals surface area contributed by atoms with Crippen LogP contribution in [0.25, 0.3) is 0 Å². The second-order valence-corrected chi connectivity index (χ2v) is 8.61. The van der Waals surface area contributed by atoms with Crippen molar-refractivity contribution >= 4 is 27.5 Å². The van der Waals surface area contributed by atoms with Crippen molar-refractivity contribution in [2.75, 3.05) is 25.0 Å². The summed E-state index contributed by atoms with van der Waals surface area (Å²) in [5.74, 6) is 0.655. The first kappa shape index (κ1) is 18.6. The number of sulfonamides is 1.